The highest BCUT2D eigenvalue weighted by Crippen LogP contribution is 2.34. The molecule has 3 heterocycles. The van der Waals surface area contributed by atoms with Gasteiger partial charge in [0.2, 0.25) is 5.91 Å². The van der Waals surface area contributed by atoms with Gasteiger partial charge in [0.15, 0.2) is 5.70 Å². The Labute approximate surface area is 238 Å². The summed E-state index contributed by atoms with van der Waals surface area (Å²) < 4.78 is 59.7. The van der Waals surface area contributed by atoms with Gasteiger partial charge >= 0.3 is 12.9 Å². The monoisotopic (exact) mass is 583 g/mol. The number of carboxylic acids is 1. The average molecular weight is 583 g/mol. The Morgan fingerprint density at radius 2 is 1.44 bits per heavy atom. The molecule has 0 saturated carbocycles. The number of hydrogen-bond donors (Lipinski definition) is 2. The summed E-state index contributed by atoms with van der Waals surface area (Å²) in [6, 6.07) is 1.76. The Hall–Kier alpha value is -2.91. The van der Waals surface area contributed by atoms with Crippen LogP contribution in [0.2, 0.25) is 0 Å². The number of carboxylic acid groups (broad SMARTS) is 1. The van der Waals surface area contributed by atoms with Crippen LogP contribution in [0.25, 0.3) is 6.08 Å². The smallest absolute Gasteiger partial charge is 0.481 e. The number of rotatable bonds is 21. The molecule has 0 unspecified atom stereocenters. The van der Waals surface area contributed by atoms with Crippen molar-refractivity contribution in [2.75, 3.05) is 72.6 Å². The van der Waals surface area contributed by atoms with Gasteiger partial charge in [-0.15, -0.1) is 0 Å². The summed E-state index contributed by atoms with van der Waals surface area (Å²) in [5.74, 6) is -1.12. The van der Waals surface area contributed by atoms with E-state index in [1.165, 1.54) is 0 Å². The van der Waals surface area contributed by atoms with Crippen molar-refractivity contribution in [3.05, 3.63) is 40.9 Å². The molecule has 1 aromatic rings. The maximum atomic E-state index is 15.4. The topological polar surface area (TPSA) is 120 Å². The Bertz CT molecular complexity index is 1140. The minimum atomic E-state index is -4.03. The Balaban J connectivity index is 1.17. The second-order valence-electron chi connectivity index (χ2n) is 9.63. The molecule has 41 heavy (non-hydrogen) atoms. The number of fused-ring (bicyclic) bond motifs is 2. The SMILES string of the molecule is Cc1cc(C)n2c1C=C1C=CC(CCC(=O)NCCOCCOCCOCCOCCOCCC(=O)O)=[N+]1[B-]2(F)F. The van der Waals surface area contributed by atoms with Gasteiger partial charge in [-0.1, -0.05) is 0 Å². The molecular weight excluding hydrogens is 543 g/mol. The second-order valence-corrected chi connectivity index (χ2v) is 9.63. The third-order valence-electron chi connectivity index (χ3n) is 6.53. The van der Waals surface area contributed by atoms with Gasteiger partial charge in [-0.3, -0.25) is 9.59 Å². The fraction of sp³-hybridized carbons (Fsp3) is 0.593. The molecule has 228 valence electrons. The average Bonchev–Trinajstić information content (AvgIpc) is 3.47. The lowest BCUT2D eigenvalue weighted by Gasteiger charge is -2.30. The lowest BCUT2D eigenvalue weighted by atomic mass is 9.90. The summed E-state index contributed by atoms with van der Waals surface area (Å²) in [5, 5.41) is 11.2. The highest BCUT2D eigenvalue weighted by atomic mass is 19.2. The largest absolute Gasteiger partial charge is 0.737 e. The Morgan fingerprint density at radius 1 is 0.878 bits per heavy atom. The molecule has 0 fully saturated rings. The first-order valence-corrected chi connectivity index (χ1v) is 13.8. The van der Waals surface area contributed by atoms with Gasteiger partial charge in [0.1, 0.15) is 5.71 Å². The molecule has 0 radical (unpaired) electrons. The van der Waals surface area contributed by atoms with Gasteiger partial charge in [0.05, 0.1) is 72.5 Å². The molecule has 14 heteroatoms. The normalized spacial score (nSPS) is 15.2. The molecule has 2 aliphatic rings. The molecule has 3 rings (SSSR count). The minimum Gasteiger partial charge on any atom is -0.481 e. The Morgan fingerprint density at radius 3 is 2.02 bits per heavy atom. The zero-order chi connectivity index (χ0) is 29.7. The van der Waals surface area contributed by atoms with Crippen LogP contribution in [-0.2, 0) is 33.3 Å². The number of hydrogen-bond acceptors (Lipinski definition) is 7. The minimum absolute atomic E-state index is 0.0230. The number of carbonyl (C=O) groups excluding carboxylic acids is 1. The number of aliphatic carboxylic acids is 1. The van der Waals surface area contributed by atoms with E-state index in [1.807, 2.05) is 6.92 Å². The third kappa shape index (κ3) is 9.85. The number of aromatic nitrogens is 1. The van der Waals surface area contributed by atoms with E-state index >= 15 is 8.63 Å². The van der Waals surface area contributed by atoms with Crippen LogP contribution < -0.4 is 5.32 Å². The summed E-state index contributed by atoms with van der Waals surface area (Å²) in [4.78, 5) is 22.6. The van der Waals surface area contributed by atoms with Crippen molar-refractivity contribution in [2.45, 2.75) is 33.1 Å². The van der Waals surface area contributed by atoms with E-state index in [-0.39, 0.29) is 31.8 Å². The molecule has 0 aromatic carbocycles. The van der Waals surface area contributed by atoms with Gasteiger partial charge in [-0.05, 0) is 31.2 Å². The zero-order valence-electron chi connectivity index (χ0n) is 23.7. The molecule has 2 N–H and O–H groups in total. The van der Waals surface area contributed by atoms with Gasteiger partial charge in [0, 0.05) is 43.3 Å². The molecule has 0 saturated heterocycles. The molecule has 0 atom stereocenters. The van der Waals surface area contributed by atoms with Gasteiger partial charge < -0.3 is 51.7 Å². The molecule has 2 aliphatic heterocycles. The van der Waals surface area contributed by atoms with Crippen LogP contribution in [0.15, 0.2) is 23.9 Å². The molecule has 0 aliphatic carbocycles. The first-order valence-electron chi connectivity index (χ1n) is 13.8. The maximum absolute atomic E-state index is 15.4. The van der Waals surface area contributed by atoms with E-state index in [9.17, 15) is 9.59 Å². The highest BCUT2D eigenvalue weighted by molar-refractivity contribution is 6.58. The highest BCUT2D eigenvalue weighted by Gasteiger charge is 2.52. The standard InChI is InChI=1S/C27H40BF2N3O8/c1-21-19-22(2)32-25(21)20-24-4-3-23(33(24)28(32,29)30)5-6-26(34)31-8-10-38-12-14-40-16-18-41-17-15-39-13-11-37-9-7-27(35)36/h3-4,19-20H,5-18H2,1-2H3,(H,31,34)(H,35,36). The van der Waals surface area contributed by atoms with Crippen molar-refractivity contribution < 1.29 is 51.5 Å². The lowest BCUT2D eigenvalue weighted by molar-refractivity contribution is -0.362. The second kappa shape index (κ2) is 16.5. The predicted molar refractivity (Wildman–Crippen MR) is 148 cm³/mol. The van der Waals surface area contributed by atoms with Gasteiger partial charge in [-0.25, -0.2) is 0 Å². The van der Waals surface area contributed by atoms with E-state index in [4.69, 9.17) is 28.8 Å². The molecule has 1 aromatic heterocycles. The molecule has 0 bridgehead atoms. The van der Waals surface area contributed by atoms with Crippen molar-refractivity contribution >= 4 is 30.6 Å². The summed E-state index contributed by atoms with van der Waals surface area (Å²) in [5.41, 5.74) is 2.73. The number of halogens is 2. The van der Waals surface area contributed by atoms with Crippen LogP contribution in [0.3, 0.4) is 0 Å². The fourth-order valence-electron chi connectivity index (χ4n) is 4.63. The van der Waals surface area contributed by atoms with Crippen LogP contribution in [-0.4, -0.2) is 111 Å². The van der Waals surface area contributed by atoms with Crippen molar-refractivity contribution in [1.29, 1.82) is 0 Å². The summed E-state index contributed by atoms with van der Waals surface area (Å²) in [7, 11) is 0. The molecular formula is C27H40BF2N3O8. The van der Waals surface area contributed by atoms with Crippen molar-refractivity contribution in [1.82, 2.24) is 9.79 Å². The van der Waals surface area contributed by atoms with Crippen molar-refractivity contribution in [2.24, 2.45) is 0 Å². The number of carbonyl (C=O) groups is 2. The number of allylic oxidation sites excluding steroid dienone is 2. The van der Waals surface area contributed by atoms with Gasteiger partial charge in [0.25, 0.3) is 0 Å². The van der Waals surface area contributed by atoms with Crippen LogP contribution in [0.5, 0.6) is 0 Å². The van der Waals surface area contributed by atoms with E-state index in [2.05, 4.69) is 5.32 Å². The van der Waals surface area contributed by atoms with Crippen LogP contribution in [0, 0.1) is 13.8 Å². The number of aryl methyl sites for hydroxylation is 2. The predicted octanol–water partition coefficient (Wildman–Crippen LogP) is 2.16. The van der Waals surface area contributed by atoms with E-state index in [1.54, 1.807) is 31.2 Å². The Kier molecular flexibility index (Phi) is 13.1. The first-order chi connectivity index (χ1) is 19.7. The number of nitrogens with one attached hydrogen (secondary N) is 1. The molecule has 0 spiro atoms. The van der Waals surface area contributed by atoms with Crippen LogP contribution >= 0.6 is 0 Å². The molecule has 1 amide bonds. The van der Waals surface area contributed by atoms with Crippen molar-refractivity contribution in [3.63, 3.8) is 0 Å². The van der Waals surface area contributed by atoms with Gasteiger partial charge in [-0.2, -0.15) is 0 Å². The fourth-order valence-corrected chi connectivity index (χ4v) is 4.63. The quantitative estimate of drug-likeness (QED) is 0.167. The van der Waals surface area contributed by atoms with E-state index in [0.717, 1.165) is 14.5 Å². The summed E-state index contributed by atoms with van der Waals surface area (Å²) >= 11 is 0. The number of amides is 1. The van der Waals surface area contributed by atoms with E-state index in [0.29, 0.717) is 88.8 Å². The van der Waals surface area contributed by atoms with Crippen LogP contribution in [0.4, 0.5) is 8.63 Å². The summed E-state index contributed by atoms with van der Waals surface area (Å²) in [6.07, 6.45) is 5.39. The maximum Gasteiger partial charge on any atom is 0.737 e. The van der Waals surface area contributed by atoms with E-state index < -0.39 is 12.9 Å². The van der Waals surface area contributed by atoms with Crippen molar-refractivity contribution in [3.8, 4) is 0 Å². The number of nitrogens with zero attached hydrogens (tertiary/aromatic N) is 2. The third-order valence-corrected chi connectivity index (χ3v) is 6.53. The zero-order valence-corrected chi connectivity index (χ0v) is 23.7. The first kappa shape index (κ1) is 32.6. The number of ether oxygens (including phenoxy) is 5. The lowest BCUT2D eigenvalue weighted by Crippen LogP contribution is -2.50. The molecule has 11 nitrogen and oxygen atoms in total. The van der Waals surface area contributed by atoms with Crippen LogP contribution in [0.1, 0.15) is 36.2 Å². The summed E-state index contributed by atoms with van der Waals surface area (Å²) in [6.45, 7) is 3.39.